The minimum Gasteiger partial charge on any atom is -0.330 e. The van der Waals surface area contributed by atoms with Gasteiger partial charge in [-0.05, 0) is 36.6 Å². The molecule has 1 aromatic carbocycles. The average Bonchev–Trinajstić information content (AvgIpc) is 2.21. The first-order valence-corrected chi connectivity index (χ1v) is 6.02. The van der Waals surface area contributed by atoms with Gasteiger partial charge in [0.2, 0.25) is 0 Å². The highest BCUT2D eigenvalue weighted by Crippen LogP contribution is 2.22. The van der Waals surface area contributed by atoms with Gasteiger partial charge in [-0.1, -0.05) is 47.8 Å². The monoisotopic (exact) mass is 255 g/mol. The van der Waals surface area contributed by atoms with Crippen LogP contribution in [0.25, 0.3) is 0 Å². The Morgan fingerprint density at radius 2 is 1.93 bits per heavy atom. The number of nitrogens with two attached hydrogens (primary N) is 1. The molecule has 1 atom stereocenters. The Hall–Kier alpha value is -0.340. The van der Waals surface area contributed by atoms with Crippen LogP contribution in [0, 0.1) is 0 Å². The Morgan fingerprint density at radius 1 is 1.29 bits per heavy atom. The van der Waals surface area contributed by atoms with E-state index < -0.39 is 0 Å². The number of hydrogen-bond acceptors (Lipinski definition) is 1. The summed E-state index contributed by atoms with van der Waals surface area (Å²) in [6.07, 6.45) is 3.71. The first-order valence-electron chi connectivity index (χ1n) is 5.23. The highest BCUT2D eigenvalue weighted by molar-refractivity contribution is 9.10. The molecule has 0 heterocycles. The molecule has 2 N–H and O–H groups in total. The molecule has 0 aliphatic heterocycles. The van der Waals surface area contributed by atoms with Crippen LogP contribution in [0.3, 0.4) is 0 Å². The molecule has 0 aliphatic rings. The van der Waals surface area contributed by atoms with Gasteiger partial charge in [0.15, 0.2) is 0 Å². The van der Waals surface area contributed by atoms with Crippen LogP contribution in [-0.2, 0) is 0 Å². The van der Waals surface area contributed by atoms with Crippen molar-refractivity contribution in [3.05, 3.63) is 34.3 Å². The molecule has 0 saturated heterocycles. The first-order chi connectivity index (χ1) is 6.77. The number of hydrogen-bond donors (Lipinski definition) is 1. The van der Waals surface area contributed by atoms with Gasteiger partial charge < -0.3 is 5.73 Å². The minimum atomic E-state index is 0.531. The van der Waals surface area contributed by atoms with Gasteiger partial charge in [0.1, 0.15) is 0 Å². The van der Waals surface area contributed by atoms with Crippen molar-refractivity contribution in [2.24, 2.45) is 5.73 Å². The van der Waals surface area contributed by atoms with E-state index in [-0.39, 0.29) is 0 Å². The summed E-state index contributed by atoms with van der Waals surface area (Å²) in [6, 6.07) is 8.50. The predicted octanol–water partition coefficient (Wildman–Crippen LogP) is 3.68. The summed E-state index contributed by atoms with van der Waals surface area (Å²) >= 11 is 3.44. The topological polar surface area (TPSA) is 26.0 Å². The standard InChI is InChI=1S/C12H18BrN/c1-2-3-4-11(9-14)10-5-7-12(13)8-6-10/h5-8,11H,2-4,9,14H2,1H3. The maximum absolute atomic E-state index is 5.77. The molecule has 0 spiro atoms. The zero-order valence-corrected chi connectivity index (χ0v) is 10.3. The Kier molecular flexibility index (Phi) is 5.20. The maximum Gasteiger partial charge on any atom is 0.0175 e. The summed E-state index contributed by atoms with van der Waals surface area (Å²) in [4.78, 5) is 0. The molecule has 0 bridgehead atoms. The van der Waals surface area contributed by atoms with E-state index in [0.717, 1.165) is 11.0 Å². The van der Waals surface area contributed by atoms with Crippen LogP contribution < -0.4 is 5.73 Å². The third-order valence-electron chi connectivity index (χ3n) is 2.53. The van der Waals surface area contributed by atoms with Gasteiger partial charge in [0.05, 0.1) is 0 Å². The number of benzene rings is 1. The Morgan fingerprint density at radius 3 is 2.43 bits per heavy atom. The number of rotatable bonds is 5. The summed E-state index contributed by atoms with van der Waals surface area (Å²) in [6.45, 7) is 2.97. The first kappa shape index (κ1) is 11.7. The van der Waals surface area contributed by atoms with E-state index >= 15 is 0 Å². The SMILES string of the molecule is CCCCC(CN)c1ccc(Br)cc1. The maximum atomic E-state index is 5.77. The van der Waals surface area contributed by atoms with Gasteiger partial charge in [-0.3, -0.25) is 0 Å². The Labute approximate surface area is 94.8 Å². The zero-order chi connectivity index (χ0) is 10.4. The van der Waals surface area contributed by atoms with E-state index in [9.17, 15) is 0 Å². The molecule has 1 aromatic rings. The van der Waals surface area contributed by atoms with Crippen LogP contribution in [0.1, 0.15) is 37.7 Å². The molecular weight excluding hydrogens is 238 g/mol. The summed E-state index contributed by atoms with van der Waals surface area (Å²) in [5.74, 6) is 0.531. The van der Waals surface area contributed by atoms with E-state index in [1.165, 1.54) is 24.8 Å². The molecule has 1 rings (SSSR count). The van der Waals surface area contributed by atoms with E-state index in [1.54, 1.807) is 0 Å². The lowest BCUT2D eigenvalue weighted by molar-refractivity contribution is 0.592. The fourth-order valence-corrected chi connectivity index (χ4v) is 1.87. The quantitative estimate of drug-likeness (QED) is 0.854. The van der Waals surface area contributed by atoms with Crippen molar-refractivity contribution in [2.45, 2.75) is 32.1 Å². The summed E-state index contributed by atoms with van der Waals surface area (Å²) < 4.78 is 1.13. The Bertz CT molecular complexity index is 256. The lowest BCUT2D eigenvalue weighted by Crippen LogP contribution is -2.12. The molecule has 0 radical (unpaired) electrons. The summed E-state index contributed by atoms with van der Waals surface area (Å²) in [5, 5.41) is 0. The van der Waals surface area contributed by atoms with Crippen molar-refractivity contribution in [3.63, 3.8) is 0 Å². The van der Waals surface area contributed by atoms with Crippen LogP contribution in [0.5, 0.6) is 0 Å². The minimum absolute atomic E-state index is 0.531. The second-order valence-electron chi connectivity index (χ2n) is 3.63. The van der Waals surface area contributed by atoms with Crippen molar-refractivity contribution in [1.82, 2.24) is 0 Å². The average molecular weight is 256 g/mol. The summed E-state index contributed by atoms with van der Waals surface area (Å²) in [5.41, 5.74) is 7.14. The van der Waals surface area contributed by atoms with Crippen molar-refractivity contribution < 1.29 is 0 Å². The second kappa shape index (κ2) is 6.20. The van der Waals surface area contributed by atoms with Crippen LogP contribution >= 0.6 is 15.9 Å². The third kappa shape index (κ3) is 3.43. The smallest absolute Gasteiger partial charge is 0.0175 e. The second-order valence-corrected chi connectivity index (χ2v) is 4.54. The van der Waals surface area contributed by atoms with Gasteiger partial charge >= 0.3 is 0 Å². The van der Waals surface area contributed by atoms with Crippen molar-refractivity contribution in [3.8, 4) is 0 Å². The third-order valence-corrected chi connectivity index (χ3v) is 3.06. The molecule has 0 fully saturated rings. The molecule has 0 amide bonds. The van der Waals surface area contributed by atoms with Gasteiger partial charge in [0.25, 0.3) is 0 Å². The van der Waals surface area contributed by atoms with Gasteiger partial charge in [-0.15, -0.1) is 0 Å². The fraction of sp³-hybridized carbons (Fsp3) is 0.500. The highest BCUT2D eigenvalue weighted by Gasteiger charge is 2.08. The van der Waals surface area contributed by atoms with Crippen molar-refractivity contribution in [1.29, 1.82) is 0 Å². The largest absolute Gasteiger partial charge is 0.330 e. The Balaban J connectivity index is 2.64. The molecule has 1 nitrogen and oxygen atoms in total. The molecule has 1 unspecified atom stereocenters. The zero-order valence-electron chi connectivity index (χ0n) is 8.67. The molecule has 2 heteroatoms. The van der Waals surface area contributed by atoms with E-state index in [1.807, 2.05) is 0 Å². The lowest BCUT2D eigenvalue weighted by Gasteiger charge is -2.14. The molecule has 0 saturated carbocycles. The molecule has 0 aliphatic carbocycles. The van der Waals surface area contributed by atoms with E-state index in [2.05, 4.69) is 47.1 Å². The van der Waals surface area contributed by atoms with Crippen molar-refractivity contribution in [2.75, 3.05) is 6.54 Å². The fourth-order valence-electron chi connectivity index (χ4n) is 1.61. The van der Waals surface area contributed by atoms with Crippen molar-refractivity contribution >= 4 is 15.9 Å². The number of halogens is 1. The predicted molar refractivity (Wildman–Crippen MR) is 65.5 cm³/mol. The highest BCUT2D eigenvalue weighted by atomic mass is 79.9. The van der Waals surface area contributed by atoms with Gasteiger partial charge in [-0.2, -0.15) is 0 Å². The van der Waals surface area contributed by atoms with E-state index in [0.29, 0.717) is 5.92 Å². The molecule has 0 aromatic heterocycles. The lowest BCUT2D eigenvalue weighted by atomic mass is 9.94. The van der Waals surface area contributed by atoms with E-state index in [4.69, 9.17) is 5.73 Å². The molecule has 14 heavy (non-hydrogen) atoms. The van der Waals surface area contributed by atoms with Gasteiger partial charge in [0, 0.05) is 4.47 Å². The molecular formula is C12H18BrN. The van der Waals surface area contributed by atoms with Gasteiger partial charge in [-0.25, -0.2) is 0 Å². The van der Waals surface area contributed by atoms with Crippen LogP contribution in [0.4, 0.5) is 0 Å². The normalized spacial score (nSPS) is 12.8. The van der Waals surface area contributed by atoms with Crippen LogP contribution in [-0.4, -0.2) is 6.54 Å². The number of unbranched alkanes of at least 4 members (excludes halogenated alkanes) is 1. The molecule has 78 valence electrons. The van der Waals surface area contributed by atoms with Crippen LogP contribution in [0.2, 0.25) is 0 Å². The summed E-state index contributed by atoms with van der Waals surface area (Å²) in [7, 11) is 0. The van der Waals surface area contributed by atoms with Crippen LogP contribution in [0.15, 0.2) is 28.7 Å².